The number of aliphatic hydroxyl groups excluding tert-OH is 1. The van der Waals surface area contributed by atoms with Crippen LogP contribution in [0.25, 0.3) is 0 Å². The molecule has 0 aromatic heterocycles. The Kier molecular flexibility index (Phi) is 4.35. The maximum absolute atomic E-state index is 11.5. The predicted molar refractivity (Wildman–Crippen MR) is 56.7 cm³/mol. The molecule has 0 aliphatic carbocycles. The number of carbonyl (C=O) groups excluding carboxylic acids is 1. The summed E-state index contributed by atoms with van der Waals surface area (Å²) in [7, 11) is 2.06. The quantitative estimate of drug-likeness (QED) is 0.713. The molecule has 0 saturated carbocycles. The van der Waals surface area contributed by atoms with E-state index in [9.17, 15) is 4.79 Å². The van der Waals surface area contributed by atoms with Crippen LogP contribution in [0, 0.1) is 0 Å². The van der Waals surface area contributed by atoms with E-state index in [0.717, 1.165) is 0 Å². The average molecular weight is 216 g/mol. The van der Waals surface area contributed by atoms with Gasteiger partial charge in [0.15, 0.2) is 0 Å². The second kappa shape index (κ2) is 5.32. The normalized spacial score (nSPS) is 27.9. The molecule has 1 saturated heterocycles. The third kappa shape index (κ3) is 3.07. The van der Waals surface area contributed by atoms with Crippen LogP contribution in [0.1, 0.15) is 13.8 Å². The summed E-state index contributed by atoms with van der Waals surface area (Å²) in [5.74, 6) is 0. The standard InChI is InChI=1S/C10H20N2O3/c1-8-6-12(7-9(2)11(8)3)10(14)15-5-4-13/h8-9,13H,4-7H2,1-3H3. The van der Waals surface area contributed by atoms with E-state index in [0.29, 0.717) is 25.2 Å². The number of hydrogen-bond donors (Lipinski definition) is 1. The summed E-state index contributed by atoms with van der Waals surface area (Å²) in [6, 6.07) is 0.686. The molecule has 0 aromatic rings. The zero-order valence-electron chi connectivity index (χ0n) is 9.64. The topological polar surface area (TPSA) is 53.0 Å². The van der Waals surface area contributed by atoms with Gasteiger partial charge in [-0.3, -0.25) is 4.90 Å². The van der Waals surface area contributed by atoms with Crippen LogP contribution in [-0.2, 0) is 4.74 Å². The summed E-state index contributed by atoms with van der Waals surface area (Å²) in [4.78, 5) is 15.5. The van der Waals surface area contributed by atoms with Gasteiger partial charge in [-0.05, 0) is 20.9 Å². The van der Waals surface area contributed by atoms with Crippen LogP contribution < -0.4 is 0 Å². The molecule has 1 aliphatic rings. The number of likely N-dealkylation sites (N-methyl/N-ethyl adjacent to an activating group) is 1. The molecular formula is C10H20N2O3. The second-order valence-electron chi connectivity index (χ2n) is 4.11. The molecule has 1 fully saturated rings. The van der Waals surface area contributed by atoms with E-state index in [1.807, 2.05) is 0 Å². The molecule has 0 aromatic carbocycles. The molecule has 5 nitrogen and oxygen atoms in total. The Morgan fingerprint density at radius 1 is 1.40 bits per heavy atom. The number of rotatable bonds is 2. The number of aliphatic hydroxyl groups is 1. The van der Waals surface area contributed by atoms with Gasteiger partial charge in [-0.2, -0.15) is 0 Å². The van der Waals surface area contributed by atoms with E-state index in [4.69, 9.17) is 9.84 Å². The van der Waals surface area contributed by atoms with Gasteiger partial charge in [0, 0.05) is 25.2 Å². The van der Waals surface area contributed by atoms with Gasteiger partial charge in [0.05, 0.1) is 6.61 Å². The summed E-state index contributed by atoms with van der Waals surface area (Å²) in [6.45, 7) is 5.50. The lowest BCUT2D eigenvalue weighted by Crippen LogP contribution is -2.56. The molecule has 0 radical (unpaired) electrons. The Morgan fingerprint density at radius 2 is 1.93 bits per heavy atom. The number of hydrogen-bond acceptors (Lipinski definition) is 4. The summed E-state index contributed by atoms with van der Waals surface area (Å²) >= 11 is 0. The lowest BCUT2D eigenvalue weighted by atomic mass is 10.1. The van der Waals surface area contributed by atoms with Crippen molar-refractivity contribution in [3.8, 4) is 0 Å². The Balaban J connectivity index is 2.46. The summed E-state index contributed by atoms with van der Waals surface area (Å²) < 4.78 is 4.88. The van der Waals surface area contributed by atoms with Gasteiger partial charge in [-0.25, -0.2) is 4.79 Å². The van der Waals surface area contributed by atoms with Crippen molar-refractivity contribution in [1.82, 2.24) is 9.80 Å². The van der Waals surface area contributed by atoms with Gasteiger partial charge in [0.25, 0.3) is 0 Å². The van der Waals surface area contributed by atoms with Crippen molar-refractivity contribution in [3.05, 3.63) is 0 Å². The number of carbonyl (C=O) groups is 1. The van der Waals surface area contributed by atoms with Gasteiger partial charge in [-0.15, -0.1) is 0 Å². The summed E-state index contributed by atoms with van der Waals surface area (Å²) in [6.07, 6.45) is -0.323. The maximum Gasteiger partial charge on any atom is 0.409 e. The highest BCUT2D eigenvalue weighted by Gasteiger charge is 2.29. The molecule has 1 N–H and O–H groups in total. The molecule has 0 bridgehead atoms. The smallest absolute Gasteiger partial charge is 0.409 e. The van der Waals surface area contributed by atoms with Crippen molar-refractivity contribution < 1.29 is 14.6 Å². The molecule has 5 heteroatoms. The Hall–Kier alpha value is -0.810. The molecule has 0 spiro atoms. The zero-order chi connectivity index (χ0) is 11.4. The van der Waals surface area contributed by atoms with E-state index in [1.165, 1.54) is 0 Å². The third-order valence-electron chi connectivity index (χ3n) is 2.93. The maximum atomic E-state index is 11.5. The fourth-order valence-electron chi connectivity index (χ4n) is 1.78. The minimum absolute atomic E-state index is 0.0773. The Labute approximate surface area is 90.6 Å². The lowest BCUT2D eigenvalue weighted by molar-refractivity contribution is 0.0347. The first-order valence-electron chi connectivity index (χ1n) is 5.30. The number of nitrogens with zero attached hydrogens (tertiary/aromatic N) is 2. The summed E-state index contributed by atoms with van der Waals surface area (Å²) in [5, 5.41) is 8.56. The SMILES string of the molecule is CC1CN(C(=O)OCCO)CC(C)N1C. The average Bonchev–Trinajstić information content (AvgIpc) is 2.21. The van der Waals surface area contributed by atoms with Gasteiger partial charge in [-0.1, -0.05) is 0 Å². The van der Waals surface area contributed by atoms with Gasteiger partial charge in [0.1, 0.15) is 6.61 Å². The van der Waals surface area contributed by atoms with Crippen LogP contribution in [0.2, 0.25) is 0 Å². The van der Waals surface area contributed by atoms with E-state index >= 15 is 0 Å². The van der Waals surface area contributed by atoms with E-state index < -0.39 is 0 Å². The largest absolute Gasteiger partial charge is 0.447 e. The first-order chi connectivity index (χ1) is 7.06. The molecule has 2 atom stereocenters. The van der Waals surface area contributed by atoms with E-state index in [1.54, 1.807) is 4.90 Å². The van der Waals surface area contributed by atoms with Crippen molar-refractivity contribution in [3.63, 3.8) is 0 Å². The molecule has 1 rings (SSSR count). The molecule has 1 heterocycles. The highest BCUT2D eigenvalue weighted by Crippen LogP contribution is 2.13. The van der Waals surface area contributed by atoms with Crippen LogP contribution in [0.4, 0.5) is 4.79 Å². The highest BCUT2D eigenvalue weighted by atomic mass is 16.6. The van der Waals surface area contributed by atoms with Crippen molar-refractivity contribution in [2.75, 3.05) is 33.4 Å². The number of piperazine rings is 1. The fourth-order valence-corrected chi connectivity index (χ4v) is 1.78. The number of amides is 1. The Morgan fingerprint density at radius 3 is 2.40 bits per heavy atom. The summed E-state index contributed by atoms with van der Waals surface area (Å²) in [5.41, 5.74) is 0. The Bertz CT molecular complexity index is 211. The molecule has 1 aliphatic heterocycles. The van der Waals surface area contributed by atoms with Gasteiger partial charge in [0.2, 0.25) is 0 Å². The predicted octanol–water partition coefficient (Wildman–Crippen LogP) is 0.140. The van der Waals surface area contributed by atoms with Crippen LogP contribution in [0.3, 0.4) is 0 Å². The molecule has 1 amide bonds. The number of ether oxygens (including phenoxy) is 1. The fraction of sp³-hybridized carbons (Fsp3) is 0.900. The minimum atomic E-state index is -0.323. The van der Waals surface area contributed by atoms with Crippen LogP contribution in [0.5, 0.6) is 0 Å². The highest BCUT2D eigenvalue weighted by molar-refractivity contribution is 5.67. The lowest BCUT2D eigenvalue weighted by Gasteiger charge is -2.41. The van der Waals surface area contributed by atoms with Crippen LogP contribution in [0.15, 0.2) is 0 Å². The molecule has 2 unspecified atom stereocenters. The second-order valence-corrected chi connectivity index (χ2v) is 4.11. The molecule has 15 heavy (non-hydrogen) atoms. The van der Waals surface area contributed by atoms with Crippen LogP contribution in [-0.4, -0.2) is 66.4 Å². The first-order valence-corrected chi connectivity index (χ1v) is 5.30. The van der Waals surface area contributed by atoms with Gasteiger partial charge < -0.3 is 14.7 Å². The first kappa shape index (κ1) is 12.3. The van der Waals surface area contributed by atoms with Crippen molar-refractivity contribution >= 4 is 6.09 Å². The van der Waals surface area contributed by atoms with E-state index in [-0.39, 0.29) is 19.3 Å². The monoisotopic (exact) mass is 216 g/mol. The molecular weight excluding hydrogens is 196 g/mol. The van der Waals surface area contributed by atoms with Crippen molar-refractivity contribution in [2.45, 2.75) is 25.9 Å². The minimum Gasteiger partial charge on any atom is -0.447 e. The van der Waals surface area contributed by atoms with E-state index in [2.05, 4.69) is 25.8 Å². The van der Waals surface area contributed by atoms with Crippen molar-refractivity contribution in [2.24, 2.45) is 0 Å². The molecule has 88 valence electrons. The van der Waals surface area contributed by atoms with Crippen molar-refractivity contribution in [1.29, 1.82) is 0 Å². The third-order valence-corrected chi connectivity index (χ3v) is 2.93. The zero-order valence-corrected chi connectivity index (χ0v) is 9.64. The van der Waals surface area contributed by atoms with Crippen LogP contribution >= 0.6 is 0 Å². The van der Waals surface area contributed by atoms with Gasteiger partial charge >= 0.3 is 6.09 Å².